The topological polar surface area (TPSA) is 110 Å². The van der Waals surface area contributed by atoms with Crippen LogP contribution in [0.15, 0.2) is 54.9 Å². The van der Waals surface area contributed by atoms with Crippen molar-refractivity contribution in [2.45, 2.75) is 12.5 Å². The highest BCUT2D eigenvalue weighted by atomic mass is 16.5. The summed E-state index contributed by atoms with van der Waals surface area (Å²) >= 11 is 0. The lowest BCUT2D eigenvalue weighted by Crippen LogP contribution is -2.38. The van der Waals surface area contributed by atoms with Crippen LogP contribution in [0.4, 0.5) is 11.5 Å². The number of H-pyrrole nitrogens is 1. The van der Waals surface area contributed by atoms with Gasteiger partial charge in [-0.05, 0) is 62.0 Å². The van der Waals surface area contributed by atoms with Gasteiger partial charge in [0.05, 0.1) is 30.9 Å². The summed E-state index contributed by atoms with van der Waals surface area (Å²) in [6, 6.07) is 13.4. The maximum Gasteiger partial charge on any atom is 0.254 e. The van der Waals surface area contributed by atoms with Crippen molar-refractivity contribution < 1.29 is 9.53 Å². The number of carbonyl (C=O) groups is 1. The number of methoxy groups -OCH3 is 1. The van der Waals surface area contributed by atoms with Crippen LogP contribution in [0.5, 0.6) is 5.75 Å². The van der Waals surface area contributed by atoms with Gasteiger partial charge in [0.25, 0.3) is 5.91 Å². The van der Waals surface area contributed by atoms with Gasteiger partial charge in [0.2, 0.25) is 0 Å². The molecule has 0 aliphatic carbocycles. The molecule has 4 aromatic rings. The van der Waals surface area contributed by atoms with Gasteiger partial charge in [-0.1, -0.05) is 6.07 Å². The number of hydrogen-bond acceptors (Lipinski definition) is 7. The van der Waals surface area contributed by atoms with E-state index >= 15 is 0 Å². The molecule has 1 saturated heterocycles. The molecule has 9 nitrogen and oxygen atoms in total. The molecular weight excluding hydrogens is 454 g/mol. The van der Waals surface area contributed by atoms with Crippen molar-refractivity contribution in [3.63, 3.8) is 0 Å². The number of likely N-dealkylation sites (N-methyl/N-ethyl adjacent to an activating group) is 2. The second-order valence-corrected chi connectivity index (χ2v) is 9.12. The minimum Gasteiger partial charge on any atom is -0.495 e. The van der Waals surface area contributed by atoms with Gasteiger partial charge in [0, 0.05) is 42.3 Å². The molecule has 1 amide bonds. The molecule has 1 unspecified atom stereocenters. The number of carbonyl (C=O) groups excluding carboxylic acids is 1. The summed E-state index contributed by atoms with van der Waals surface area (Å²) in [6.45, 7) is 1.88. The van der Waals surface area contributed by atoms with Gasteiger partial charge < -0.3 is 30.2 Å². The van der Waals surface area contributed by atoms with Crippen LogP contribution in [0.2, 0.25) is 0 Å². The Morgan fingerprint density at radius 2 is 2.11 bits per heavy atom. The van der Waals surface area contributed by atoms with E-state index in [1.807, 2.05) is 42.3 Å². The Balaban J connectivity index is 1.36. The molecule has 5 rings (SSSR count). The monoisotopic (exact) mass is 483 g/mol. The lowest BCUT2D eigenvalue weighted by molar-refractivity contribution is 0.0737. The molecule has 0 radical (unpaired) electrons. The van der Waals surface area contributed by atoms with Gasteiger partial charge in [-0.2, -0.15) is 0 Å². The summed E-state index contributed by atoms with van der Waals surface area (Å²) < 4.78 is 5.59. The zero-order valence-electron chi connectivity index (χ0n) is 20.6. The summed E-state index contributed by atoms with van der Waals surface area (Å²) in [6.07, 6.45) is 5.64. The number of amides is 1. The number of benzene rings is 2. The molecule has 36 heavy (non-hydrogen) atoms. The molecule has 1 atom stereocenters. The molecule has 3 heterocycles. The predicted molar refractivity (Wildman–Crippen MR) is 141 cm³/mol. The van der Waals surface area contributed by atoms with Crippen LogP contribution in [0.3, 0.4) is 0 Å². The van der Waals surface area contributed by atoms with Crippen LogP contribution in [-0.2, 0) is 0 Å². The third-order valence-electron chi connectivity index (χ3n) is 6.67. The fraction of sp³-hybridized carbons (Fsp3) is 0.259. The van der Waals surface area contributed by atoms with E-state index in [1.54, 1.807) is 31.6 Å². The lowest BCUT2D eigenvalue weighted by atomic mass is 10.1. The second kappa shape index (κ2) is 9.79. The van der Waals surface area contributed by atoms with Gasteiger partial charge in [-0.3, -0.25) is 9.78 Å². The second-order valence-electron chi connectivity index (χ2n) is 9.12. The lowest BCUT2D eigenvalue weighted by Gasteiger charge is -2.25. The van der Waals surface area contributed by atoms with E-state index < -0.39 is 0 Å². The molecule has 0 spiro atoms. The first kappa shape index (κ1) is 23.5. The van der Waals surface area contributed by atoms with Gasteiger partial charge in [0.1, 0.15) is 17.3 Å². The molecule has 3 N–H and O–H groups in total. The Hall–Kier alpha value is -4.24. The maximum atomic E-state index is 13.1. The summed E-state index contributed by atoms with van der Waals surface area (Å²) in [7, 11) is 5.52. The molecule has 1 aliphatic rings. The summed E-state index contributed by atoms with van der Waals surface area (Å²) in [5.74, 6) is 1.08. The zero-order chi connectivity index (χ0) is 25.2. The molecule has 1 fully saturated rings. The van der Waals surface area contributed by atoms with E-state index in [0.717, 1.165) is 41.7 Å². The van der Waals surface area contributed by atoms with E-state index in [-0.39, 0.29) is 11.9 Å². The van der Waals surface area contributed by atoms with Gasteiger partial charge in [-0.25, -0.2) is 4.98 Å². The third-order valence-corrected chi connectivity index (χ3v) is 6.67. The summed E-state index contributed by atoms with van der Waals surface area (Å²) in [4.78, 5) is 29.6. The van der Waals surface area contributed by atoms with Crippen LogP contribution in [0, 0.1) is 5.41 Å². The van der Waals surface area contributed by atoms with Crippen molar-refractivity contribution in [1.29, 1.82) is 5.41 Å². The third kappa shape index (κ3) is 4.65. The van der Waals surface area contributed by atoms with Gasteiger partial charge in [-0.15, -0.1) is 0 Å². The van der Waals surface area contributed by atoms with Crippen molar-refractivity contribution in [3.05, 3.63) is 66.0 Å². The Bertz CT molecular complexity index is 1430. The molecular formula is C27H29N7O2. The first-order valence-corrected chi connectivity index (χ1v) is 11.8. The zero-order valence-corrected chi connectivity index (χ0v) is 20.6. The number of aromatic nitrogens is 3. The van der Waals surface area contributed by atoms with Crippen LogP contribution < -0.4 is 10.1 Å². The van der Waals surface area contributed by atoms with Crippen LogP contribution in [0.1, 0.15) is 22.3 Å². The minimum atomic E-state index is -0.0214. The number of nitrogens with zero attached hydrogens (tertiary/aromatic N) is 4. The van der Waals surface area contributed by atoms with Crippen LogP contribution in [-0.4, -0.2) is 77.2 Å². The van der Waals surface area contributed by atoms with Crippen molar-refractivity contribution in [1.82, 2.24) is 24.8 Å². The average molecular weight is 484 g/mol. The van der Waals surface area contributed by atoms with Crippen molar-refractivity contribution in [3.8, 4) is 17.1 Å². The predicted octanol–water partition coefficient (Wildman–Crippen LogP) is 4.15. The number of hydrogen-bond donors (Lipinski definition) is 3. The SMILES string of the molecule is COc1cc(C(=O)N(C)C2CCN(C)C2)ccc1Nc1cncc(-c2cc3cc(C=N)ccc3[nH]2)n1. The number of anilines is 2. The molecule has 9 heteroatoms. The quantitative estimate of drug-likeness (QED) is 0.341. The largest absolute Gasteiger partial charge is 0.495 e. The first-order chi connectivity index (χ1) is 17.4. The minimum absolute atomic E-state index is 0.0214. The number of fused-ring (bicyclic) bond motifs is 1. The first-order valence-electron chi connectivity index (χ1n) is 11.8. The van der Waals surface area contributed by atoms with Gasteiger partial charge in [0.15, 0.2) is 0 Å². The van der Waals surface area contributed by atoms with E-state index in [1.165, 1.54) is 6.21 Å². The molecule has 1 aliphatic heterocycles. The Morgan fingerprint density at radius 3 is 2.86 bits per heavy atom. The number of ether oxygens (including phenoxy) is 1. The number of likely N-dealkylation sites (tertiary alicyclic amines) is 1. The Morgan fingerprint density at radius 1 is 1.25 bits per heavy atom. The average Bonchev–Trinajstić information content (AvgIpc) is 3.54. The molecule has 2 aromatic carbocycles. The smallest absolute Gasteiger partial charge is 0.254 e. The standard InChI is InChI=1S/C27H29N7O2/c1-33-9-8-20(16-33)34(2)27(35)18-5-7-22(25(12-18)36-3)31-26-15-29-14-24(32-26)23-11-19-10-17(13-28)4-6-21(19)30-23/h4-7,10-15,20,28,30H,8-9,16H2,1-3H3,(H,31,32). The Labute approximate surface area is 209 Å². The van der Waals surface area contributed by atoms with Gasteiger partial charge >= 0.3 is 0 Å². The van der Waals surface area contributed by atoms with E-state index in [2.05, 4.69) is 27.2 Å². The summed E-state index contributed by atoms with van der Waals surface area (Å²) in [5, 5.41) is 11.7. The summed E-state index contributed by atoms with van der Waals surface area (Å²) in [5.41, 5.74) is 4.59. The van der Waals surface area contributed by atoms with E-state index in [0.29, 0.717) is 28.5 Å². The van der Waals surface area contributed by atoms with E-state index in [9.17, 15) is 4.79 Å². The normalized spacial score (nSPS) is 15.7. The molecule has 2 aromatic heterocycles. The highest BCUT2D eigenvalue weighted by Gasteiger charge is 2.27. The highest BCUT2D eigenvalue weighted by Crippen LogP contribution is 2.30. The van der Waals surface area contributed by atoms with Crippen molar-refractivity contribution >= 4 is 34.5 Å². The molecule has 0 saturated carbocycles. The van der Waals surface area contributed by atoms with Crippen LogP contribution in [0.25, 0.3) is 22.3 Å². The highest BCUT2D eigenvalue weighted by molar-refractivity contribution is 5.95. The fourth-order valence-electron chi connectivity index (χ4n) is 4.60. The van der Waals surface area contributed by atoms with Crippen molar-refractivity contribution in [2.24, 2.45) is 0 Å². The number of rotatable bonds is 7. The Kier molecular flexibility index (Phi) is 6.39. The van der Waals surface area contributed by atoms with Crippen molar-refractivity contribution in [2.75, 3.05) is 39.6 Å². The number of aromatic amines is 1. The fourth-order valence-corrected chi connectivity index (χ4v) is 4.60. The van der Waals surface area contributed by atoms with E-state index in [4.69, 9.17) is 15.1 Å². The molecule has 0 bridgehead atoms. The maximum absolute atomic E-state index is 13.1. The van der Waals surface area contributed by atoms with Crippen LogP contribution >= 0.6 is 0 Å². The molecule has 184 valence electrons. The number of nitrogens with one attached hydrogen (secondary N) is 3.